The molecule has 1 aliphatic rings. The predicted molar refractivity (Wildman–Crippen MR) is 148 cm³/mol. The minimum Gasteiger partial charge on any atom is -0.497 e. The average molecular weight is 490 g/mol. The van der Waals surface area contributed by atoms with Crippen LogP contribution in [-0.4, -0.2) is 45.0 Å². The van der Waals surface area contributed by atoms with E-state index in [1.807, 2.05) is 30.5 Å². The van der Waals surface area contributed by atoms with Gasteiger partial charge in [-0.15, -0.1) is 0 Å². The smallest absolute Gasteiger partial charge is 0.159 e. The van der Waals surface area contributed by atoms with E-state index in [9.17, 15) is 0 Å². The number of aryl methyl sites for hydroxylation is 1. The van der Waals surface area contributed by atoms with E-state index in [0.29, 0.717) is 5.92 Å². The van der Waals surface area contributed by atoms with E-state index in [-0.39, 0.29) is 0 Å². The number of fused-ring (bicyclic) bond motifs is 1. The van der Waals surface area contributed by atoms with Crippen molar-refractivity contribution in [1.82, 2.24) is 24.8 Å². The molecule has 0 aliphatic carbocycles. The second kappa shape index (κ2) is 10.1. The van der Waals surface area contributed by atoms with Gasteiger partial charge >= 0.3 is 0 Å². The minimum absolute atomic E-state index is 0.366. The molecule has 3 aromatic heterocycles. The molecule has 0 amide bonds. The fourth-order valence-electron chi connectivity index (χ4n) is 5.49. The van der Waals surface area contributed by atoms with Gasteiger partial charge in [0.25, 0.3) is 0 Å². The van der Waals surface area contributed by atoms with Gasteiger partial charge < -0.3 is 9.72 Å². The molecule has 6 rings (SSSR count). The maximum absolute atomic E-state index is 5.50. The number of hydrogen-bond acceptors (Lipinski definition) is 5. The van der Waals surface area contributed by atoms with E-state index in [1.165, 1.54) is 22.2 Å². The second-order valence-corrected chi connectivity index (χ2v) is 9.78. The standard InChI is InChI=1S/C31H31N5O/c1-21-28(26-8-3-4-9-29(26)34-21)20-36-16-12-22(13-17-36)30-27(24-6-5-7-25(18-24)37-2)19-33-31(35-30)23-10-14-32-15-11-23/h3-11,14-15,18-19,22,34H,12-13,16-17,20H2,1-2H3. The molecular formula is C31H31N5O. The normalized spacial score (nSPS) is 14.8. The van der Waals surface area contributed by atoms with E-state index in [4.69, 9.17) is 14.7 Å². The minimum atomic E-state index is 0.366. The highest BCUT2D eigenvalue weighted by Crippen LogP contribution is 2.36. The largest absolute Gasteiger partial charge is 0.497 e. The molecule has 0 bridgehead atoms. The Bertz CT molecular complexity index is 1520. The topological polar surface area (TPSA) is 66.9 Å². The molecule has 0 radical (unpaired) electrons. The molecule has 0 saturated carbocycles. The second-order valence-electron chi connectivity index (χ2n) is 9.78. The Morgan fingerprint density at radius 1 is 0.973 bits per heavy atom. The summed E-state index contributed by atoms with van der Waals surface area (Å²) in [7, 11) is 1.70. The van der Waals surface area contributed by atoms with Crippen LogP contribution in [0.1, 0.15) is 35.7 Å². The Kier molecular flexibility index (Phi) is 6.41. The maximum atomic E-state index is 5.50. The predicted octanol–water partition coefficient (Wildman–Crippen LogP) is 6.38. The molecule has 1 N–H and O–H groups in total. The van der Waals surface area contributed by atoms with Crippen LogP contribution in [0, 0.1) is 6.92 Å². The first-order valence-corrected chi connectivity index (χ1v) is 12.9. The van der Waals surface area contributed by atoms with Gasteiger partial charge in [-0.25, -0.2) is 9.97 Å². The molecule has 37 heavy (non-hydrogen) atoms. The summed E-state index contributed by atoms with van der Waals surface area (Å²) in [6.45, 7) is 5.23. The van der Waals surface area contributed by atoms with E-state index >= 15 is 0 Å². The van der Waals surface area contributed by atoms with Gasteiger partial charge in [0.05, 0.1) is 12.8 Å². The molecule has 0 spiro atoms. The molecule has 0 unspecified atom stereocenters. The fraction of sp³-hybridized carbons (Fsp3) is 0.258. The van der Waals surface area contributed by atoms with Gasteiger partial charge in [0.15, 0.2) is 5.82 Å². The zero-order chi connectivity index (χ0) is 25.2. The Balaban J connectivity index is 1.28. The Hall–Kier alpha value is -4.03. The van der Waals surface area contributed by atoms with Crippen LogP contribution in [0.4, 0.5) is 0 Å². The first kappa shape index (κ1) is 23.4. The fourth-order valence-corrected chi connectivity index (χ4v) is 5.49. The third-order valence-electron chi connectivity index (χ3n) is 7.52. The number of H-pyrrole nitrogens is 1. The first-order valence-electron chi connectivity index (χ1n) is 12.9. The number of methoxy groups -OCH3 is 1. The van der Waals surface area contributed by atoms with Crippen LogP contribution >= 0.6 is 0 Å². The van der Waals surface area contributed by atoms with Crippen LogP contribution in [0.5, 0.6) is 5.75 Å². The van der Waals surface area contributed by atoms with E-state index in [0.717, 1.165) is 66.4 Å². The SMILES string of the molecule is COc1cccc(-c2cnc(-c3ccncc3)nc2C2CCN(Cc3c(C)[nH]c4ccccc34)CC2)c1. The zero-order valence-corrected chi connectivity index (χ0v) is 21.3. The number of nitrogens with one attached hydrogen (secondary N) is 1. The highest BCUT2D eigenvalue weighted by atomic mass is 16.5. The number of nitrogens with zero attached hydrogens (tertiary/aromatic N) is 4. The number of piperidine rings is 1. The molecule has 1 saturated heterocycles. The molecule has 1 fully saturated rings. The Morgan fingerprint density at radius 3 is 2.59 bits per heavy atom. The third-order valence-corrected chi connectivity index (χ3v) is 7.52. The van der Waals surface area contributed by atoms with Crippen LogP contribution in [-0.2, 0) is 6.54 Å². The van der Waals surface area contributed by atoms with Gasteiger partial charge in [0.1, 0.15) is 5.75 Å². The molecular weight excluding hydrogens is 458 g/mol. The van der Waals surface area contributed by atoms with Crippen molar-refractivity contribution in [3.63, 3.8) is 0 Å². The summed E-state index contributed by atoms with van der Waals surface area (Å²) in [6.07, 6.45) is 7.68. The van der Waals surface area contributed by atoms with E-state index in [1.54, 1.807) is 19.5 Å². The van der Waals surface area contributed by atoms with E-state index < -0.39 is 0 Å². The van der Waals surface area contributed by atoms with Crippen LogP contribution in [0.3, 0.4) is 0 Å². The number of pyridine rings is 1. The van der Waals surface area contributed by atoms with Gasteiger partial charge in [0, 0.05) is 58.8 Å². The van der Waals surface area contributed by atoms with Crippen molar-refractivity contribution < 1.29 is 4.74 Å². The van der Waals surface area contributed by atoms with Crippen molar-refractivity contribution in [3.05, 3.63) is 96.2 Å². The highest BCUT2D eigenvalue weighted by Gasteiger charge is 2.26. The number of para-hydroxylation sites is 1. The van der Waals surface area contributed by atoms with Gasteiger partial charge in [0.2, 0.25) is 0 Å². The number of benzene rings is 2. The van der Waals surface area contributed by atoms with Gasteiger partial charge in [-0.1, -0.05) is 30.3 Å². The third kappa shape index (κ3) is 4.72. The quantitative estimate of drug-likeness (QED) is 0.300. The van der Waals surface area contributed by atoms with Crippen LogP contribution in [0.15, 0.2) is 79.3 Å². The van der Waals surface area contributed by atoms with Crippen molar-refractivity contribution in [2.75, 3.05) is 20.2 Å². The van der Waals surface area contributed by atoms with Gasteiger partial charge in [-0.05, 0) is 74.3 Å². The number of ether oxygens (including phenoxy) is 1. The van der Waals surface area contributed by atoms with Crippen LogP contribution < -0.4 is 4.74 Å². The highest BCUT2D eigenvalue weighted by molar-refractivity contribution is 5.84. The summed E-state index contributed by atoms with van der Waals surface area (Å²) >= 11 is 0. The molecule has 186 valence electrons. The summed E-state index contributed by atoms with van der Waals surface area (Å²) in [5.74, 6) is 1.96. The van der Waals surface area contributed by atoms with E-state index in [2.05, 4.69) is 58.2 Å². The molecule has 2 aromatic carbocycles. The van der Waals surface area contributed by atoms with Crippen molar-refractivity contribution in [2.45, 2.75) is 32.2 Å². The summed E-state index contributed by atoms with van der Waals surface area (Å²) in [6, 6.07) is 20.7. The number of aromatic amines is 1. The summed E-state index contributed by atoms with van der Waals surface area (Å²) < 4.78 is 5.50. The van der Waals surface area contributed by atoms with Crippen molar-refractivity contribution >= 4 is 10.9 Å². The lowest BCUT2D eigenvalue weighted by Crippen LogP contribution is -2.33. The first-order chi connectivity index (χ1) is 18.2. The van der Waals surface area contributed by atoms with Crippen molar-refractivity contribution in [3.8, 4) is 28.3 Å². The molecule has 6 heteroatoms. The number of hydrogen-bond donors (Lipinski definition) is 1. The molecule has 0 atom stereocenters. The Labute approximate surface area is 217 Å². The average Bonchev–Trinajstić information content (AvgIpc) is 3.28. The Morgan fingerprint density at radius 2 is 1.78 bits per heavy atom. The monoisotopic (exact) mass is 489 g/mol. The number of rotatable bonds is 6. The molecule has 1 aliphatic heterocycles. The van der Waals surface area contributed by atoms with Gasteiger partial charge in [-0.3, -0.25) is 9.88 Å². The summed E-state index contributed by atoms with van der Waals surface area (Å²) in [5, 5.41) is 1.33. The van der Waals surface area contributed by atoms with Crippen LogP contribution in [0.25, 0.3) is 33.4 Å². The van der Waals surface area contributed by atoms with Gasteiger partial charge in [-0.2, -0.15) is 0 Å². The van der Waals surface area contributed by atoms with Crippen molar-refractivity contribution in [2.24, 2.45) is 0 Å². The number of aromatic nitrogens is 4. The van der Waals surface area contributed by atoms with Crippen LogP contribution in [0.2, 0.25) is 0 Å². The molecule has 6 nitrogen and oxygen atoms in total. The lowest BCUT2D eigenvalue weighted by molar-refractivity contribution is 0.204. The molecule has 5 aromatic rings. The van der Waals surface area contributed by atoms with Crippen molar-refractivity contribution in [1.29, 1.82) is 0 Å². The lowest BCUT2D eigenvalue weighted by Gasteiger charge is -2.32. The molecule has 4 heterocycles. The summed E-state index contributed by atoms with van der Waals surface area (Å²) in [4.78, 5) is 20.2. The lowest BCUT2D eigenvalue weighted by atomic mass is 9.88. The summed E-state index contributed by atoms with van der Waals surface area (Å²) in [5.41, 5.74) is 8.18. The zero-order valence-electron chi connectivity index (χ0n) is 21.3. The maximum Gasteiger partial charge on any atom is 0.159 e. The number of likely N-dealkylation sites (tertiary alicyclic amines) is 1.